The molecule has 0 aliphatic heterocycles. The number of nitrogens with zero attached hydrogens (tertiary/aromatic N) is 1. The van der Waals surface area contributed by atoms with Crippen molar-refractivity contribution in [1.29, 1.82) is 0 Å². The highest BCUT2D eigenvalue weighted by Gasteiger charge is 2.15. The number of hydrogen-bond donors (Lipinski definition) is 0. The second-order valence-corrected chi connectivity index (χ2v) is 4.16. The van der Waals surface area contributed by atoms with Gasteiger partial charge in [-0.1, -0.05) is 24.3 Å². The van der Waals surface area contributed by atoms with Crippen LogP contribution >= 0.6 is 0 Å². The zero-order chi connectivity index (χ0) is 11.7. The monoisotopic (exact) mass is 225 g/mol. The van der Waals surface area contributed by atoms with E-state index in [1.807, 2.05) is 42.5 Å². The van der Waals surface area contributed by atoms with Crippen molar-refractivity contribution in [3.63, 3.8) is 0 Å². The SMILES string of the molecule is FC1C=CCc2ccc(-c3ccccn3)cc21. The van der Waals surface area contributed by atoms with Gasteiger partial charge in [-0.25, -0.2) is 4.39 Å². The van der Waals surface area contributed by atoms with Crippen LogP contribution in [0.25, 0.3) is 11.3 Å². The van der Waals surface area contributed by atoms with Crippen molar-refractivity contribution >= 4 is 0 Å². The second-order valence-electron chi connectivity index (χ2n) is 4.16. The summed E-state index contributed by atoms with van der Waals surface area (Å²) >= 11 is 0. The van der Waals surface area contributed by atoms with Crippen molar-refractivity contribution in [3.05, 3.63) is 65.9 Å². The molecule has 1 atom stereocenters. The summed E-state index contributed by atoms with van der Waals surface area (Å²) in [5, 5.41) is 0. The normalized spacial score (nSPS) is 17.8. The van der Waals surface area contributed by atoms with Crippen LogP contribution in [0.5, 0.6) is 0 Å². The van der Waals surface area contributed by atoms with Crippen molar-refractivity contribution < 1.29 is 4.39 Å². The minimum absolute atomic E-state index is 0.774. The number of allylic oxidation sites excluding steroid dienone is 2. The Morgan fingerprint density at radius 1 is 1.18 bits per heavy atom. The molecule has 1 aliphatic carbocycles. The van der Waals surface area contributed by atoms with E-state index in [1.54, 1.807) is 12.3 Å². The van der Waals surface area contributed by atoms with E-state index < -0.39 is 6.17 Å². The first-order chi connectivity index (χ1) is 8.34. The molecule has 0 N–H and O–H groups in total. The first-order valence-corrected chi connectivity index (χ1v) is 5.69. The highest BCUT2D eigenvalue weighted by atomic mass is 19.1. The third-order valence-electron chi connectivity index (χ3n) is 3.05. The lowest BCUT2D eigenvalue weighted by molar-refractivity contribution is 0.408. The van der Waals surface area contributed by atoms with Crippen molar-refractivity contribution in [2.45, 2.75) is 12.6 Å². The van der Waals surface area contributed by atoms with Gasteiger partial charge in [-0.05, 0) is 41.8 Å². The van der Waals surface area contributed by atoms with Crippen LogP contribution in [0.1, 0.15) is 17.3 Å². The fraction of sp³-hybridized carbons (Fsp3) is 0.133. The molecular formula is C15H12FN. The lowest BCUT2D eigenvalue weighted by atomic mass is 9.93. The highest BCUT2D eigenvalue weighted by Crippen LogP contribution is 2.31. The number of aromatic nitrogens is 1. The Bertz CT molecular complexity index is 560. The molecule has 1 aliphatic rings. The zero-order valence-electron chi connectivity index (χ0n) is 9.31. The quantitative estimate of drug-likeness (QED) is 0.671. The van der Waals surface area contributed by atoms with Crippen LogP contribution in [0, 0.1) is 0 Å². The van der Waals surface area contributed by atoms with E-state index in [9.17, 15) is 4.39 Å². The number of halogens is 1. The molecule has 2 aromatic rings. The van der Waals surface area contributed by atoms with Crippen LogP contribution in [-0.2, 0) is 6.42 Å². The average Bonchev–Trinajstić information content (AvgIpc) is 2.40. The van der Waals surface area contributed by atoms with Crippen molar-refractivity contribution in [2.75, 3.05) is 0 Å². The fourth-order valence-corrected chi connectivity index (χ4v) is 2.15. The molecule has 0 fully saturated rings. The molecule has 1 aromatic carbocycles. The fourth-order valence-electron chi connectivity index (χ4n) is 2.15. The Kier molecular flexibility index (Phi) is 2.48. The molecule has 0 saturated heterocycles. The molecule has 17 heavy (non-hydrogen) atoms. The van der Waals surface area contributed by atoms with Gasteiger partial charge in [0.05, 0.1) is 5.69 Å². The average molecular weight is 225 g/mol. The second kappa shape index (κ2) is 4.13. The van der Waals surface area contributed by atoms with Gasteiger partial charge < -0.3 is 0 Å². The molecule has 84 valence electrons. The molecule has 0 bridgehead atoms. The minimum atomic E-state index is -0.984. The van der Waals surface area contributed by atoms with Crippen LogP contribution in [0.2, 0.25) is 0 Å². The van der Waals surface area contributed by atoms with E-state index in [2.05, 4.69) is 4.98 Å². The van der Waals surface area contributed by atoms with Gasteiger partial charge in [0.15, 0.2) is 0 Å². The summed E-state index contributed by atoms with van der Waals surface area (Å²) in [5.74, 6) is 0. The van der Waals surface area contributed by atoms with E-state index in [0.717, 1.165) is 28.8 Å². The summed E-state index contributed by atoms with van der Waals surface area (Å²) in [6, 6.07) is 11.7. The van der Waals surface area contributed by atoms with Gasteiger partial charge in [-0.3, -0.25) is 4.98 Å². The maximum Gasteiger partial charge on any atom is 0.144 e. The van der Waals surface area contributed by atoms with E-state index in [4.69, 9.17) is 0 Å². The van der Waals surface area contributed by atoms with Gasteiger partial charge in [0, 0.05) is 11.8 Å². The first kappa shape index (κ1) is 10.2. The lowest BCUT2D eigenvalue weighted by Crippen LogP contribution is -2.01. The topological polar surface area (TPSA) is 12.9 Å². The van der Waals surface area contributed by atoms with Crippen molar-refractivity contribution in [3.8, 4) is 11.3 Å². The van der Waals surface area contributed by atoms with Gasteiger partial charge >= 0.3 is 0 Å². The van der Waals surface area contributed by atoms with E-state index in [-0.39, 0.29) is 0 Å². The number of benzene rings is 1. The summed E-state index contributed by atoms with van der Waals surface area (Å²) in [5.41, 5.74) is 3.70. The molecular weight excluding hydrogens is 213 g/mol. The largest absolute Gasteiger partial charge is 0.256 e. The van der Waals surface area contributed by atoms with Crippen molar-refractivity contribution in [1.82, 2.24) is 4.98 Å². The molecule has 2 heteroatoms. The van der Waals surface area contributed by atoms with Crippen LogP contribution in [0.4, 0.5) is 4.39 Å². The Labute approximate surface area is 99.6 Å². The van der Waals surface area contributed by atoms with Gasteiger partial charge in [-0.15, -0.1) is 0 Å². The number of alkyl halides is 1. The van der Waals surface area contributed by atoms with Crippen LogP contribution in [0.15, 0.2) is 54.7 Å². The Hall–Kier alpha value is -1.96. The summed E-state index contributed by atoms with van der Waals surface area (Å²) in [6.45, 7) is 0. The van der Waals surface area contributed by atoms with Gasteiger partial charge in [0.1, 0.15) is 6.17 Å². The highest BCUT2D eigenvalue weighted by molar-refractivity contribution is 5.61. The third kappa shape index (κ3) is 1.86. The molecule has 3 rings (SSSR count). The Morgan fingerprint density at radius 2 is 2.12 bits per heavy atom. The Balaban J connectivity index is 2.08. The summed E-state index contributed by atoms with van der Waals surface area (Å²) in [7, 11) is 0. The van der Waals surface area contributed by atoms with Crippen molar-refractivity contribution in [2.24, 2.45) is 0 Å². The molecule has 1 aromatic heterocycles. The van der Waals surface area contributed by atoms with Gasteiger partial charge in [-0.2, -0.15) is 0 Å². The summed E-state index contributed by atoms with van der Waals surface area (Å²) < 4.78 is 13.8. The predicted octanol–water partition coefficient (Wildman–Crippen LogP) is 3.87. The molecule has 0 amide bonds. The maximum atomic E-state index is 13.8. The Morgan fingerprint density at radius 3 is 2.94 bits per heavy atom. The standard InChI is InChI=1S/C15H12FN/c16-14-5-3-4-11-7-8-12(10-13(11)14)15-6-1-2-9-17-15/h1-3,5-10,14H,4H2. The van der Waals surface area contributed by atoms with Gasteiger partial charge in [0.25, 0.3) is 0 Å². The zero-order valence-corrected chi connectivity index (χ0v) is 9.31. The summed E-state index contributed by atoms with van der Waals surface area (Å²) in [4.78, 5) is 4.28. The van der Waals surface area contributed by atoms with Crippen LogP contribution in [-0.4, -0.2) is 4.98 Å². The molecule has 0 spiro atoms. The van der Waals surface area contributed by atoms with E-state index in [1.165, 1.54) is 0 Å². The van der Waals surface area contributed by atoms with Crippen LogP contribution in [0.3, 0.4) is 0 Å². The number of rotatable bonds is 1. The first-order valence-electron chi connectivity index (χ1n) is 5.69. The molecule has 1 heterocycles. The third-order valence-corrected chi connectivity index (χ3v) is 3.05. The number of hydrogen-bond acceptors (Lipinski definition) is 1. The summed E-state index contributed by atoms with van der Waals surface area (Å²) in [6.07, 6.45) is 5.08. The van der Waals surface area contributed by atoms with E-state index >= 15 is 0 Å². The molecule has 0 radical (unpaired) electrons. The number of pyridine rings is 1. The van der Waals surface area contributed by atoms with E-state index in [0.29, 0.717) is 0 Å². The smallest absolute Gasteiger partial charge is 0.144 e. The number of fused-ring (bicyclic) bond motifs is 1. The molecule has 0 saturated carbocycles. The van der Waals surface area contributed by atoms with Crippen LogP contribution < -0.4 is 0 Å². The predicted molar refractivity (Wildman–Crippen MR) is 66.4 cm³/mol. The molecule has 1 nitrogen and oxygen atoms in total. The molecule has 1 unspecified atom stereocenters. The maximum absolute atomic E-state index is 13.8. The minimum Gasteiger partial charge on any atom is -0.256 e. The lowest BCUT2D eigenvalue weighted by Gasteiger charge is -2.15. The van der Waals surface area contributed by atoms with Gasteiger partial charge in [0.2, 0.25) is 0 Å².